The predicted octanol–water partition coefficient (Wildman–Crippen LogP) is 2.70. The molecule has 1 aromatic carbocycles. The second-order valence-electron chi connectivity index (χ2n) is 4.99. The van der Waals surface area contributed by atoms with Crippen molar-refractivity contribution >= 4 is 27.5 Å². The maximum atomic E-state index is 12.0. The number of sulfonamides is 1. The molecular formula is C15H23ClN2O3S. The molecule has 22 heavy (non-hydrogen) atoms. The summed E-state index contributed by atoms with van der Waals surface area (Å²) in [7, 11) is -3.68. The first kappa shape index (κ1) is 18.9. The minimum absolute atomic E-state index is 0.0247. The van der Waals surface area contributed by atoms with E-state index < -0.39 is 10.0 Å². The molecule has 0 unspecified atom stereocenters. The molecule has 0 bridgehead atoms. The third kappa shape index (κ3) is 6.77. The zero-order valence-corrected chi connectivity index (χ0v) is 14.3. The number of hydrogen-bond donors (Lipinski definition) is 2. The molecule has 7 heteroatoms. The molecule has 1 amide bonds. The van der Waals surface area contributed by atoms with Crippen LogP contribution in [0.2, 0.25) is 5.02 Å². The smallest absolute Gasteiger partial charge is 0.242 e. The summed E-state index contributed by atoms with van der Waals surface area (Å²) in [5, 5.41) is 2.94. The summed E-state index contributed by atoms with van der Waals surface area (Å²) in [6.07, 6.45) is 4.46. The summed E-state index contributed by atoms with van der Waals surface area (Å²) in [6, 6.07) is 6.20. The van der Waals surface area contributed by atoms with Crippen molar-refractivity contribution in [1.29, 1.82) is 0 Å². The fourth-order valence-electron chi connectivity index (χ4n) is 1.91. The molecule has 0 spiro atoms. The molecule has 0 saturated heterocycles. The van der Waals surface area contributed by atoms with Crippen molar-refractivity contribution in [2.45, 2.75) is 43.9 Å². The van der Waals surface area contributed by atoms with Gasteiger partial charge in [-0.05, 0) is 18.6 Å². The Balaban J connectivity index is 2.31. The van der Waals surface area contributed by atoms with Gasteiger partial charge in [0.25, 0.3) is 0 Å². The summed E-state index contributed by atoms with van der Waals surface area (Å²) in [6.45, 7) is 2.81. The van der Waals surface area contributed by atoms with Gasteiger partial charge in [0, 0.05) is 19.5 Å². The zero-order chi connectivity index (χ0) is 16.4. The topological polar surface area (TPSA) is 75.3 Å². The minimum Gasteiger partial charge on any atom is -0.356 e. The number of carbonyl (C=O) groups excluding carboxylic acids is 1. The van der Waals surface area contributed by atoms with Crippen LogP contribution in [0, 0.1) is 0 Å². The van der Waals surface area contributed by atoms with Gasteiger partial charge >= 0.3 is 0 Å². The Labute approximate surface area is 137 Å². The zero-order valence-electron chi connectivity index (χ0n) is 12.8. The number of carbonyl (C=O) groups is 1. The Morgan fingerprint density at radius 3 is 2.55 bits per heavy atom. The van der Waals surface area contributed by atoms with Crippen LogP contribution in [0.5, 0.6) is 0 Å². The van der Waals surface area contributed by atoms with Crippen LogP contribution < -0.4 is 10.0 Å². The van der Waals surface area contributed by atoms with Crippen LogP contribution in [-0.2, 0) is 14.8 Å². The Kier molecular flexibility index (Phi) is 8.45. The normalized spacial score (nSPS) is 11.4. The van der Waals surface area contributed by atoms with Crippen molar-refractivity contribution in [2.75, 3.05) is 13.1 Å². The van der Waals surface area contributed by atoms with Crippen LogP contribution in [0.15, 0.2) is 29.2 Å². The van der Waals surface area contributed by atoms with Gasteiger partial charge in [-0.15, -0.1) is 0 Å². The van der Waals surface area contributed by atoms with E-state index in [1.54, 1.807) is 12.1 Å². The van der Waals surface area contributed by atoms with Gasteiger partial charge in [-0.1, -0.05) is 49.9 Å². The number of rotatable bonds is 10. The quantitative estimate of drug-likeness (QED) is 0.639. The highest BCUT2D eigenvalue weighted by molar-refractivity contribution is 7.89. The van der Waals surface area contributed by atoms with Crippen LogP contribution in [0.4, 0.5) is 0 Å². The summed E-state index contributed by atoms with van der Waals surface area (Å²) in [5.41, 5.74) is 0. The Morgan fingerprint density at radius 1 is 1.14 bits per heavy atom. The summed E-state index contributed by atoms with van der Waals surface area (Å²) in [5.74, 6) is -0.154. The van der Waals surface area contributed by atoms with Crippen molar-refractivity contribution in [2.24, 2.45) is 0 Å². The third-order valence-electron chi connectivity index (χ3n) is 3.12. The third-order valence-corrected chi connectivity index (χ3v) is 5.08. The van der Waals surface area contributed by atoms with E-state index in [2.05, 4.69) is 17.0 Å². The molecule has 0 atom stereocenters. The number of halogens is 1. The average molecular weight is 347 g/mol. The first-order valence-corrected chi connectivity index (χ1v) is 9.34. The minimum atomic E-state index is -3.68. The second kappa shape index (κ2) is 9.82. The van der Waals surface area contributed by atoms with Crippen LogP contribution in [0.25, 0.3) is 0 Å². The largest absolute Gasteiger partial charge is 0.356 e. The summed E-state index contributed by atoms with van der Waals surface area (Å²) < 4.78 is 26.5. The molecule has 0 radical (unpaired) electrons. The molecule has 124 valence electrons. The van der Waals surface area contributed by atoms with Gasteiger partial charge in [-0.2, -0.15) is 0 Å². The van der Waals surface area contributed by atoms with E-state index in [0.717, 1.165) is 25.7 Å². The van der Waals surface area contributed by atoms with Crippen molar-refractivity contribution in [1.82, 2.24) is 10.0 Å². The number of unbranched alkanes of at least 4 members (excludes halogenated alkanes) is 3. The van der Waals surface area contributed by atoms with E-state index in [1.165, 1.54) is 12.1 Å². The van der Waals surface area contributed by atoms with Gasteiger partial charge in [0.1, 0.15) is 4.90 Å². The molecule has 0 aromatic heterocycles. The monoisotopic (exact) mass is 346 g/mol. The number of amides is 1. The summed E-state index contributed by atoms with van der Waals surface area (Å²) >= 11 is 5.86. The van der Waals surface area contributed by atoms with Gasteiger partial charge in [0.05, 0.1) is 5.02 Å². The molecule has 2 N–H and O–H groups in total. The molecule has 5 nitrogen and oxygen atoms in total. The lowest BCUT2D eigenvalue weighted by molar-refractivity contribution is -0.120. The van der Waals surface area contributed by atoms with Gasteiger partial charge < -0.3 is 5.32 Å². The molecular weight excluding hydrogens is 324 g/mol. The van der Waals surface area contributed by atoms with Gasteiger partial charge in [0.15, 0.2) is 0 Å². The predicted molar refractivity (Wildman–Crippen MR) is 88.4 cm³/mol. The molecule has 0 aliphatic carbocycles. The van der Waals surface area contributed by atoms with Crippen LogP contribution >= 0.6 is 11.6 Å². The maximum Gasteiger partial charge on any atom is 0.242 e. The molecule has 0 fully saturated rings. The van der Waals surface area contributed by atoms with Crippen molar-refractivity contribution < 1.29 is 13.2 Å². The molecule has 1 aromatic rings. The van der Waals surface area contributed by atoms with E-state index in [0.29, 0.717) is 6.54 Å². The Hall–Kier alpha value is -1.11. The molecule has 0 aliphatic rings. The van der Waals surface area contributed by atoms with E-state index >= 15 is 0 Å². The van der Waals surface area contributed by atoms with E-state index in [9.17, 15) is 13.2 Å². The molecule has 0 heterocycles. The fraction of sp³-hybridized carbons (Fsp3) is 0.533. The lowest BCUT2D eigenvalue weighted by atomic mass is 10.2. The second-order valence-corrected chi connectivity index (χ2v) is 7.13. The lowest BCUT2D eigenvalue weighted by Gasteiger charge is -2.08. The Bertz CT molecular complexity index is 576. The van der Waals surface area contributed by atoms with Crippen molar-refractivity contribution in [3.05, 3.63) is 29.3 Å². The van der Waals surface area contributed by atoms with Crippen LogP contribution in [0.3, 0.4) is 0 Å². The Morgan fingerprint density at radius 2 is 1.86 bits per heavy atom. The highest BCUT2D eigenvalue weighted by Crippen LogP contribution is 2.19. The van der Waals surface area contributed by atoms with Gasteiger partial charge in [-0.3, -0.25) is 4.79 Å². The first-order valence-electron chi connectivity index (χ1n) is 7.48. The van der Waals surface area contributed by atoms with Crippen LogP contribution in [0.1, 0.15) is 39.0 Å². The highest BCUT2D eigenvalue weighted by Gasteiger charge is 2.17. The lowest BCUT2D eigenvalue weighted by Crippen LogP contribution is -2.31. The van der Waals surface area contributed by atoms with Crippen molar-refractivity contribution in [3.63, 3.8) is 0 Å². The SMILES string of the molecule is CCCCCCNC(=O)CCNS(=O)(=O)c1ccccc1Cl. The summed E-state index contributed by atoms with van der Waals surface area (Å²) in [4.78, 5) is 11.6. The van der Waals surface area contributed by atoms with Gasteiger partial charge in [0.2, 0.25) is 15.9 Å². The van der Waals surface area contributed by atoms with Crippen molar-refractivity contribution in [3.8, 4) is 0 Å². The van der Waals surface area contributed by atoms with Gasteiger partial charge in [-0.25, -0.2) is 13.1 Å². The fourth-order valence-corrected chi connectivity index (χ4v) is 3.46. The average Bonchev–Trinajstić information content (AvgIpc) is 2.47. The number of nitrogens with one attached hydrogen (secondary N) is 2. The van der Waals surface area contributed by atoms with Crippen LogP contribution in [-0.4, -0.2) is 27.4 Å². The standard InChI is InChI=1S/C15H23ClN2O3S/c1-2-3-4-7-11-17-15(19)10-12-18-22(20,21)14-9-6-5-8-13(14)16/h5-6,8-9,18H,2-4,7,10-12H2,1H3,(H,17,19). The van der Waals surface area contributed by atoms with E-state index in [4.69, 9.17) is 11.6 Å². The van der Waals surface area contributed by atoms with E-state index in [-0.39, 0.29) is 28.8 Å². The first-order chi connectivity index (χ1) is 10.5. The molecule has 0 saturated carbocycles. The highest BCUT2D eigenvalue weighted by atomic mass is 35.5. The number of benzene rings is 1. The van der Waals surface area contributed by atoms with E-state index in [1.807, 2.05) is 0 Å². The number of hydrogen-bond acceptors (Lipinski definition) is 3. The maximum absolute atomic E-state index is 12.0. The molecule has 1 rings (SSSR count). The molecule has 0 aliphatic heterocycles.